The Hall–Kier alpha value is -8.46. The fourth-order valence-electron chi connectivity index (χ4n) is 8.57. The first-order valence-corrected chi connectivity index (χ1v) is 19.7. The molecule has 0 amide bonds. The smallest absolute Gasteiger partial charge is 0.150 e. The fraction of sp³-hybridized carbons (Fsp3) is 0. The number of rotatable bonds is 8. The lowest BCUT2D eigenvalue weighted by molar-refractivity contribution is 0.584. The molecule has 0 fully saturated rings. The number of nitrogens with zero attached hydrogens (tertiary/aromatic N) is 4. The van der Waals surface area contributed by atoms with Crippen LogP contribution in [0.15, 0.2) is 182 Å². The number of hydrogen-bond donors (Lipinski definition) is 0. The normalized spacial score (nSPS) is 11.2. The zero-order chi connectivity index (χ0) is 42.5. The van der Waals surface area contributed by atoms with Crippen molar-refractivity contribution in [1.29, 1.82) is 10.5 Å². The quantitative estimate of drug-likeness (QED) is 0.113. The molecule has 0 unspecified atom stereocenters. The lowest BCUT2D eigenvalue weighted by Gasteiger charge is -2.31. The Morgan fingerprint density at radius 1 is 0.387 bits per heavy atom. The Morgan fingerprint density at radius 3 is 1.13 bits per heavy atom. The summed E-state index contributed by atoms with van der Waals surface area (Å²) in [5.41, 5.74) is 5.20. The first-order valence-electron chi connectivity index (χ1n) is 19.7. The van der Waals surface area contributed by atoms with Crippen LogP contribution >= 0.6 is 0 Å². The highest BCUT2D eigenvalue weighted by Gasteiger charge is 2.28. The molecule has 0 aromatic heterocycles. The van der Waals surface area contributed by atoms with Crippen molar-refractivity contribution in [2.24, 2.45) is 0 Å². The molecular formula is C54H30F4N4. The van der Waals surface area contributed by atoms with Crippen molar-refractivity contribution >= 4 is 66.4 Å². The zero-order valence-electron chi connectivity index (χ0n) is 32.6. The minimum absolute atomic E-state index is 0.121. The van der Waals surface area contributed by atoms with E-state index >= 15 is 17.6 Å². The summed E-state index contributed by atoms with van der Waals surface area (Å²) < 4.78 is 63.8. The molecule has 0 atom stereocenters. The van der Waals surface area contributed by atoms with Crippen molar-refractivity contribution < 1.29 is 17.6 Å². The van der Waals surface area contributed by atoms with Crippen LogP contribution in [-0.2, 0) is 0 Å². The second kappa shape index (κ2) is 15.3. The van der Waals surface area contributed by atoms with E-state index in [1.807, 2.05) is 109 Å². The lowest BCUT2D eigenvalue weighted by atomic mass is 9.91. The van der Waals surface area contributed by atoms with Gasteiger partial charge in [-0.25, -0.2) is 17.6 Å². The molecule has 0 heterocycles. The van der Waals surface area contributed by atoms with E-state index in [0.29, 0.717) is 56.1 Å². The van der Waals surface area contributed by atoms with Gasteiger partial charge in [0.2, 0.25) is 0 Å². The Labute approximate surface area is 353 Å². The van der Waals surface area contributed by atoms with Crippen LogP contribution in [0.2, 0.25) is 0 Å². The van der Waals surface area contributed by atoms with Gasteiger partial charge in [-0.3, -0.25) is 0 Å². The first kappa shape index (κ1) is 37.8. The maximum Gasteiger partial charge on any atom is 0.150 e. The molecular weight excluding hydrogens is 781 g/mol. The summed E-state index contributed by atoms with van der Waals surface area (Å²) in [5, 5.41) is 24.0. The first-order chi connectivity index (χ1) is 30.3. The minimum atomic E-state index is -0.779. The highest BCUT2D eigenvalue weighted by atomic mass is 19.1. The van der Waals surface area contributed by atoms with Gasteiger partial charge < -0.3 is 9.80 Å². The van der Waals surface area contributed by atoms with Crippen LogP contribution in [0.4, 0.5) is 51.7 Å². The van der Waals surface area contributed by atoms with Gasteiger partial charge >= 0.3 is 0 Å². The number of benzene rings is 10. The molecule has 0 aliphatic rings. The molecule has 10 aromatic rings. The SMILES string of the molecule is N#Cc1ccc(-c2cc(F)cc(F)c2N(c2ccccc2)c2ccc3ccc4c(N(c5ccccc5)c5c(F)cc(F)cc5-c5ccc(C#N)cc5)ccc5ccc2c3c54)cc1. The molecule has 62 heavy (non-hydrogen) atoms. The number of nitriles is 2. The van der Waals surface area contributed by atoms with E-state index in [1.54, 1.807) is 58.3 Å². The van der Waals surface area contributed by atoms with Crippen LogP contribution in [0.5, 0.6) is 0 Å². The van der Waals surface area contributed by atoms with E-state index in [9.17, 15) is 10.5 Å². The van der Waals surface area contributed by atoms with E-state index in [1.165, 1.54) is 12.1 Å². The summed E-state index contributed by atoms with van der Waals surface area (Å²) in [6, 6.07) is 56.1. The molecule has 0 bridgehead atoms. The van der Waals surface area contributed by atoms with Gasteiger partial charge in [0, 0.05) is 45.4 Å². The predicted octanol–water partition coefficient (Wildman–Crippen LogP) is 15.2. The fourth-order valence-corrected chi connectivity index (χ4v) is 8.57. The molecule has 0 spiro atoms. The topological polar surface area (TPSA) is 54.1 Å². The minimum Gasteiger partial charge on any atom is -0.307 e. The molecule has 294 valence electrons. The van der Waals surface area contributed by atoms with E-state index < -0.39 is 23.3 Å². The highest BCUT2D eigenvalue weighted by molar-refractivity contribution is 6.28. The van der Waals surface area contributed by atoms with E-state index in [0.717, 1.165) is 44.5 Å². The molecule has 0 aliphatic carbocycles. The summed E-state index contributed by atoms with van der Waals surface area (Å²) in [7, 11) is 0. The molecule has 4 nitrogen and oxygen atoms in total. The van der Waals surface area contributed by atoms with Crippen LogP contribution in [0.25, 0.3) is 54.6 Å². The average Bonchev–Trinajstić information content (AvgIpc) is 3.30. The third kappa shape index (κ3) is 6.39. The summed E-state index contributed by atoms with van der Waals surface area (Å²) in [6.07, 6.45) is 0. The van der Waals surface area contributed by atoms with Crippen LogP contribution in [0.3, 0.4) is 0 Å². The van der Waals surface area contributed by atoms with Crippen LogP contribution < -0.4 is 9.80 Å². The summed E-state index contributed by atoms with van der Waals surface area (Å²) in [5.74, 6) is -3.05. The Kier molecular flexibility index (Phi) is 9.32. The third-order valence-electron chi connectivity index (χ3n) is 11.3. The summed E-state index contributed by atoms with van der Waals surface area (Å²) in [4.78, 5) is 3.59. The van der Waals surface area contributed by atoms with Crippen molar-refractivity contribution in [3.63, 3.8) is 0 Å². The zero-order valence-corrected chi connectivity index (χ0v) is 32.6. The Bertz CT molecular complexity index is 3180. The number of halogens is 4. The summed E-state index contributed by atoms with van der Waals surface area (Å²) in [6.45, 7) is 0. The van der Waals surface area contributed by atoms with E-state index in [4.69, 9.17) is 0 Å². The average molecular weight is 811 g/mol. The number of para-hydroxylation sites is 2. The van der Waals surface area contributed by atoms with Gasteiger partial charge in [-0.15, -0.1) is 0 Å². The molecule has 0 aliphatic heterocycles. The molecule has 8 heteroatoms. The van der Waals surface area contributed by atoms with Gasteiger partial charge in [-0.05, 0) is 105 Å². The van der Waals surface area contributed by atoms with Crippen LogP contribution in [0, 0.1) is 45.9 Å². The Morgan fingerprint density at radius 2 is 0.758 bits per heavy atom. The molecule has 10 aromatic carbocycles. The largest absolute Gasteiger partial charge is 0.307 e. The molecule has 10 rings (SSSR count). The monoisotopic (exact) mass is 810 g/mol. The van der Waals surface area contributed by atoms with Crippen LogP contribution in [0.1, 0.15) is 11.1 Å². The van der Waals surface area contributed by atoms with Crippen molar-refractivity contribution in [2.45, 2.75) is 0 Å². The second-order valence-corrected chi connectivity index (χ2v) is 14.9. The molecule has 0 N–H and O–H groups in total. The summed E-state index contributed by atoms with van der Waals surface area (Å²) >= 11 is 0. The van der Waals surface area contributed by atoms with Crippen molar-refractivity contribution in [3.8, 4) is 34.4 Å². The Balaban J connectivity index is 1.25. The standard InChI is InChI=1S/C54H30F4N4/c55-39-27-45(35-15-11-33(31-59)12-16-35)53(47(57)29-39)61(41-7-3-1-4-8-41)49-25-21-37-20-24-44-50(26-22-38-19-23-43(49)51(37)52(38)44)62(42-9-5-2-6-10-42)54-46(28-40(56)30-48(54)58)36-17-13-34(32-60)14-18-36/h1-30H. The van der Waals surface area contributed by atoms with E-state index in [2.05, 4.69) is 12.1 Å². The maximum absolute atomic E-state index is 16.7. The third-order valence-corrected chi connectivity index (χ3v) is 11.3. The lowest BCUT2D eigenvalue weighted by Crippen LogP contribution is -2.15. The molecule has 0 radical (unpaired) electrons. The van der Waals surface area contributed by atoms with Gasteiger partial charge in [0.25, 0.3) is 0 Å². The van der Waals surface area contributed by atoms with Crippen molar-refractivity contribution in [1.82, 2.24) is 0 Å². The molecule has 0 saturated heterocycles. The van der Waals surface area contributed by atoms with Gasteiger partial charge in [0.05, 0.1) is 46.0 Å². The maximum atomic E-state index is 16.7. The number of anilines is 6. The molecule has 0 saturated carbocycles. The predicted molar refractivity (Wildman–Crippen MR) is 240 cm³/mol. The highest BCUT2D eigenvalue weighted by Crippen LogP contribution is 2.51. The van der Waals surface area contributed by atoms with Gasteiger partial charge in [0.15, 0.2) is 11.6 Å². The van der Waals surface area contributed by atoms with Crippen molar-refractivity contribution in [3.05, 3.63) is 216 Å². The van der Waals surface area contributed by atoms with Gasteiger partial charge in [0.1, 0.15) is 11.6 Å². The van der Waals surface area contributed by atoms with E-state index in [-0.39, 0.29) is 11.4 Å². The van der Waals surface area contributed by atoms with Gasteiger partial charge in [-0.1, -0.05) is 97.1 Å². The van der Waals surface area contributed by atoms with Gasteiger partial charge in [-0.2, -0.15) is 10.5 Å². The second-order valence-electron chi connectivity index (χ2n) is 14.9. The number of hydrogen-bond acceptors (Lipinski definition) is 4. The van der Waals surface area contributed by atoms with Crippen molar-refractivity contribution in [2.75, 3.05) is 9.80 Å². The van der Waals surface area contributed by atoms with Crippen LogP contribution in [-0.4, -0.2) is 0 Å².